The van der Waals surface area contributed by atoms with E-state index in [-0.39, 0.29) is 50.1 Å². The van der Waals surface area contributed by atoms with E-state index in [1.54, 1.807) is 0 Å². The molecule has 3 unspecified atom stereocenters. The molecule has 0 spiro atoms. The molecule has 0 aromatic rings. The van der Waals surface area contributed by atoms with Crippen LogP contribution in [0.4, 0.5) is 0 Å². The SMILES string of the molecule is O=C(O)CCCCC(=O)CCC1C(=O)CC(O)C1CCC(=O)O. The van der Waals surface area contributed by atoms with E-state index in [2.05, 4.69) is 0 Å². The summed E-state index contributed by atoms with van der Waals surface area (Å²) in [5.41, 5.74) is 0. The molecule has 0 radical (unpaired) electrons. The van der Waals surface area contributed by atoms with Crippen LogP contribution in [0.15, 0.2) is 0 Å². The number of ketones is 2. The summed E-state index contributed by atoms with van der Waals surface area (Å²) in [6.45, 7) is 0. The van der Waals surface area contributed by atoms with Crippen LogP contribution in [0.1, 0.15) is 57.8 Å². The molecule has 3 N–H and O–H groups in total. The third-order valence-electron chi connectivity index (χ3n) is 4.36. The molecule has 7 heteroatoms. The summed E-state index contributed by atoms with van der Waals surface area (Å²) in [5.74, 6) is -2.83. The molecule has 1 fully saturated rings. The average Bonchev–Trinajstić information content (AvgIpc) is 2.72. The summed E-state index contributed by atoms with van der Waals surface area (Å²) in [4.78, 5) is 44.7. The zero-order chi connectivity index (χ0) is 17.4. The van der Waals surface area contributed by atoms with Gasteiger partial charge in [-0.2, -0.15) is 0 Å². The second-order valence-corrected chi connectivity index (χ2v) is 6.12. The van der Waals surface area contributed by atoms with Crippen LogP contribution in [-0.4, -0.2) is 44.9 Å². The van der Waals surface area contributed by atoms with Crippen molar-refractivity contribution in [3.8, 4) is 0 Å². The Morgan fingerprint density at radius 2 is 1.52 bits per heavy atom. The van der Waals surface area contributed by atoms with Crippen molar-refractivity contribution in [2.24, 2.45) is 11.8 Å². The highest BCUT2D eigenvalue weighted by Gasteiger charge is 2.41. The third kappa shape index (κ3) is 6.90. The van der Waals surface area contributed by atoms with E-state index in [0.717, 1.165) is 0 Å². The maximum absolute atomic E-state index is 11.9. The lowest BCUT2D eigenvalue weighted by Crippen LogP contribution is -2.22. The van der Waals surface area contributed by atoms with E-state index in [1.165, 1.54) is 0 Å². The largest absolute Gasteiger partial charge is 0.481 e. The van der Waals surface area contributed by atoms with Gasteiger partial charge in [0.15, 0.2) is 0 Å². The number of rotatable bonds is 11. The van der Waals surface area contributed by atoms with E-state index >= 15 is 0 Å². The van der Waals surface area contributed by atoms with Gasteiger partial charge < -0.3 is 15.3 Å². The first-order chi connectivity index (χ1) is 10.8. The third-order valence-corrected chi connectivity index (χ3v) is 4.36. The van der Waals surface area contributed by atoms with E-state index in [4.69, 9.17) is 10.2 Å². The first kappa shape index (κ1) is 19.3. The molecule has 0 heterocycles. The predicted molar refractivity (Wildman–Crippen MR) is 79.8 cm³/mol. The van der Waals surface area contributed by atoms with Gasteiger partial charge in [0.25, 0.3) is 0 Å². The number of carbonyl (C=O) groups is 4. The van der Waals surface area contributed by atoms with Crippen molar-refractivity contribution < 1.29 is 34.5 Å². The fourth-order valence-electron chi connectivity index (χ4n) is 3.11. The molecule has 0 bridgehead atoms. The number of Topliss-reactive ketones (excluding diaryl/α,β-unsaturated/α-hetero) is 2. The Bertz CT molecular complexity index is 457. The van der Waals surface area contributed by atoms with Gasteiger partial charge >= 0.3 is 11.9 Å². The van der Waals surface area contributed by atoms with Gasteiger partial charge in [-0.3, -0.25) is 19.2 Å². The van der Waals surface area contributed by atoms with Crippen molar-refractivity contribution in [3.05, 3.63) is 0 Å². The Morgan fingerprint density at radius 3 is 2.13 bits per heavy atom. The molecule has 0 aliphatic heterocycles. The second kappa shape index (κ2) is 9.39. The lowest BCUT2D eigenvalue weighted by Gasteiger charge is -2.19. The van der Waals surface area contributed by atoms with Crippen molar-refractivity contribution in [2.75, 3.05) is 0 Å². The normalized spacial score (nSPS) is 23.9. The molecule has 0 amide bonds. The van der Waals surface area contributed by atoms with E-state index in [0.29, 0.717) is 19.3 Å². The second-order valence-electron chi connectivity index (χ2n) is 6.12. The van der Waals surface area contributed by atoms with Gasteiger partial charge in [0, 0.05) is 38.0 Å². The maximum Gasteiger partial charge on any atom is 0.303 e. The average molecular weight is 328 g/mol. The van der Waals surface area contributed by atoms with Crippen LogP contribution < -0.4 is 0 Å². The lowest BCUT2D eigenvalue weighted by molar-refractivity contribution is -0.138. The molecule has 0 aromatic heterocycles. The number of aliphatic hydroxyl groups excluding tert-OH is 1. The molecular formula is C16H24O7. The van der Waals surface area contributed by atoms with Crippen LogP contribution in [0.3, 0.4) is 0 Å². The summed E-state index contributed by atoms with van der Waals surface area (Å²) < 4.78 is 0. The zero-order valence-electron chi connectivity index (χ0n) is 13.1. The highest BCUT2D eigenvalue weighted by atomic mass is 16.4. The number of aliphatic carboxylic acids is 2. The first-order valence-corrected chi connectivity index (χ1v) is 7.97. The van der Waals surface area contributed by atoms with Crippen LogP contribution in [0.2, 0.25) is 0 Å². The minimum atomic E-state index is -0.968. The summed E-state index contributed by atoms with van der Waals surface area (Å²) in [6, 6.07) is 0. The molecule has 130 valence electrons. The molecule has 1 aliphatic rings. The molecule has 23 heavy (non-hydrogen) atoms. The van der Waals surface area contributed by atoms with E-state index in [9.17, 15) is 24.3 Å². The Balaban J connectivity index is 2.37. The quantitative estimate of drug-likeness (QED) is 0.489. The topological polar surface area (TPSA) is 129 Å². The van der Waals surface area contributed by atoms with Gasteiger partial charge in [0.1, 0.15) is 11.6 Å². The van der Waals surface area contributed by atoms with Gasteiger partial charge in [0.05, 0.1) is 6.10 Å². The summed E-state index contributed by atoms with van der Waals surface area (Å²) in [7, 11) is 0. The maximum atomic E-state index is 11.9. The van der Waals surface area contributed by atoms with Crippen LogP contribution in [0, 0.1) is 11.8 Å². The highest BCUT2D eigenvalue weighted by molar-refractivity contribution is 5.85. The molecule has 1 saturated carbocycles. The molecule has 0 saturated heterocycles. The molecule has 1 aliphatic carbocycles. The van der Waals surface area contributed by atoms with Crippen LogP contribution in [-0.2, 0) is 19.2 Å². The van der Waals surface area contributed by atoms with Crippen LogP contribution in [0.5, 0.6) is 0 Å². The number of carboxylic acid groups (broad SMARTS) is 2. The van der Waals surface area contributed by atoms with Gasteiger partial charge in [0.2, 0.25) is 0 Å². The smallest absolute Gasteiger partial charge is 0.303 e. The monoisotopic (exact) mass is 328 g/mol. The van der Waals surface area contributed by atoms with Crippen molar-refractivity contribution in [1.29, 1.82) is 0 Å². The fourth-order valence-corrected chi connectivity index (χ4v) is 3.11. The number of hydrogen-bond donors (Lipinski definition) is 3. The number of unbranched alkanes of at least 4 members (excludes halogenated alkanes) is 1. The number of carboxylic acids is 2. The van der Waals surface area contributed by atoms with Crippen molar-refractivity contribution in [1.82, 2.24) is 0 Å². The van der Waals surface area contributed by atoms with Crippen LogP contribution in [0.25, 0.3) is 0 Å². The molecular weight excluding hydrogens is 304 g/mol. The molecule has 3 atom stereocenters. The lowest BCUT2D eigenvalue weighted by atomic mass is 9.86. The summed E-state index contributed by atoms with van der Waals surface area (Å²) in [5, 5.41) is 27.1. The summed E-state index contributed by atoms with van der Waals surface area (Å²) >= 11 is 0. The predicted octanol–water partition coefficient (Wildman–Crippen LogP) is 1.41. The molecule has 7 nitrogen and oxygen atoms in total. The van der Waals surface area contributed by atoms with E-state index < -0.39 is 29.9 Å². The minimum absolute atomic E-state index is 0.0263. The fraction of sp³-hybridized carbons (Fsp3) is 0.750. The van der Waals surface area contributed by atoms with E-state index in [1.807, 2.05) is 0 Å². The standard InChI is InChI=1S/C16H24O7/c17-10(3-1-2-4-15(20)21)5-6-11-12(7-8-16(22)23)14(19)9-13(11)18/h11-12,14,19H,1-9H2,(H,20,21)(H,22,23). The Labute approximate surface area is 134 Å². The van der Waals surface area contributed by atoms with Crippen LogP contribution >= 0.6 is 0 Å². The zero-order valence-corrected chi connectivity index (χ0v) is 13.1. The summed E-state index contributed by atoms with van der Waals surface area (Å²) in [6.07, 6.45) is 1.16. The Morgan fingerprint density at radius 1 is 0.913 bits per heavy atom. The minimum Gasteiger partial charge on any atom is -0.481 e. The van der Waals surface area contributed by atoms with Gasteiger partial charge in [-0.25, -0.2) is 0 Å². The van der Waals surface area contributed by atoms with Gasteiger partial charge in [-0.05, 0) is 31.6 Å². The molecule has 0 aromatic carbocycles. The Kier molecular flexibility index (Phi) is 7.88. The van der Waals surface area contributed by atoms with Crippen molar-refractivity contribution in [3.63, 3.8) is 0 Å². The molecule has 1 rings (SSSR count). The number of carbonyl (C=O) groups excluding carboxylic acids is 2. The van der Waals surface area contributed by atoms with Gasteiger partial charge in [-0.15, -0.1) is 0 Å². The van der Waals surface area contributed by atoms with Crippen molar-refractivity contribution >= 4 is 23.5 Å². The highest BCUT2D eigenvalue weighted by Crippen LogP contribution is 2.35. The Hall–Kier alpha value is -1.76. The van der Waals surface area contributed by atoms with Crippen molar-refractivity contribution in [2.45, 2.75) is 63.9 Å². The first-order valence-electron chi connectivity index (χ1n) is 7.97. The number of hydrogen-bond acceptors (Lipinski definition) is 5. The number of aliphatic hydroxyl groups is 1. The van der Waals surface area contributed by atoms with Gasteiger partial charge in [-0.1, -0.05) is 0 Å².